The van der Waals surface area contributed by atoms with Crippen LogP contribution in [0.25, 0.3) is 0 Å². The predicted octanol–water partition coefficient (Wildman–Crippen LogP) is 1.62. The highest BCUT2D eigenvalue weighted by molar-refractivity contribution is 5.76. The van der Waals surface area contributed by atoms with E-state index in [1.165, 1.54) is 7.11 Å². The number of aliphatic hydroxyl groups is 1. The van der Waals surface area contributed by atoms with Gasteiger partial charge in [-0.1, -0.05) is 12.2 Å². The maximum Gasteiger partial charge on any atom is 0.313 e. The summed E-state index contributed by atoms with van der Waals surface area (Å²) >= 11 is 0. The lowest BCUT2D eigenvalue weighted by molar-refractivity contribution is -0.144. The van der Waals surface area contributed by atoms with E-state index in [4.69, 9.17) is 18.9 Å². The van der Waals surface area contributed by atoms with E-state index in [-0.39, 0.29) is 18.7 Å². The minimum atomic E-state index is -0.595. The molecule has 118 valence electrons. The molecular formula is C16H18O6. The molecule has 0 fully saturated rings. The second-order valence-electron chi connectivity index (χ2n) is 5.30. The van der Waals surface area contributed by atoms with E-state index in [0.717, 1.165) is 5.56 Å². The van der Waals surface area contributed by atoms with Gasteiger partial charge < -0.3 is 24.1 Å². The van der Waals surface area contributed by atoms with E-state index in [2.05, 4.69) is 0 Å². The number of rotatable bonds is 3. The van der Waals surface area contributed by atoms with Gasteiger partial charge in [0, 0.05) is 5.92 Å². The van der Waals surface area contributed by atoms with E-state index >= 15 is 0 Å². The third-order valence-electron chi connectivity index (χ3n) is 4.05. The van der Waals surface area contributed by atoms with Crippen molar-refractivity contribution in [3.63, 3.8) is 0 Å². The lowest BCUT2D eigenvalue weighted by Gasteiger charge is -2.29. The Kier molecular flexibility index (Phi) is 3.94. The molecule has 0 amide bonds. The number of hydrogen-bond donors (Lipinski definition) is 1. The Labute approximate surface area is 128 Å². The van der Waals surface area contributed by atoms with E-state index in [1.807, 2.05) is 12.1 Å². The SMILES string of the molecule is COC(=O)[C@H]1C=C[C@@H](O)CC1c1cc(OC)c2c(c1)OCO2. The maximum absolute atomic E-state index is 12.0. The molecule has 0 radical (unpaired) electrons. The van der Waals surface area contributed by atoms with Crippen LogP contribution in [-0.2, 0) is 9.53 Å². The minimum Gasteiger partial charge on any atom is -0.493 e. The van der Waals surface area contributed by atoms with Crippen LogP contribution in [0.4, 0.5) is 0 Å². The van der Waals surface area contributed by atoms with Gasteiger partial charge in [0.15, 0.2) is 11.5 Å². The number of ether oxygens (including phenoxy) is 4. The van der Waals surface area contributed by atoms with Crippen molar-refractivity contribution in [3.8, 4) is 17.2 Å². The topological polar surface area (TPSA) is 74.2 Å². The molecule has 0 bridgehead atoms. The van der Waals surface area contributed by atoms with Gasteiger partial charge in [-0.05, 0) is 24.1 Å². The molecule has 0 spiro atoms. The minimum absolute atomic E-state index is 0.142. The molecule has 0 saturated heterocycles. The van der Waals surface area contributed by atoms with Crippen molar-refractivity contribution in [1.82, 2.24) is 0 Å². The van der Waals surface area contributed by atoms with Gasteiger partial charge in [0.25, 0.3) is 0 Å². The number of hydrogen-bond acceptors (Lipinski definition) is 6. The van der Waals surface area contributed by atoms with Crippen molar-refractivity contribution in [3.05, 3.63) is 29.8 Å². The summed E-state index contributed by atoms with van der Waals surface area (Å²) in [6, 6.07) is 3.65. The molecule has 1 N–H and O–H groups in total. The van der Waals surface area contributed by atoms with Crippen LogP contribution < -0.4 is 14.2 Å². The number of fused-ring (bicyclic) bond motifs is 1. The summed E-state index contributed by atoms with van der Waals surface area (Å²) in [7, 11) is 2.91. The summed E-state index contributed by atoms with van der Waals surface area (Å²) in [5, 5.41) is 9.91. The van der Waals surface area contributed by atoms with Gasteiger partial charge >= 0.3 is 5.97 Å². The molecule has 1 heterocycles. The number of methoxy groups -OCH3 is 2. The smallest absolute Gasteiger partial charge is 0.313 e. The van der Waals surface area contributed by atoms with E-state index < -0.39 is 12.0 Å². The zero-order chi connectivity index (χ0) is 15.7. The molecule has 3 rings (SSSR count). The first kappa shape index (κ1) is 14.7. The molecule has 3 atom stereocenters. The average molecular weight is 306 g/mol. The predicted molar refractivity (Wildman–Crippen MR) is 77.1 cm³/mol. The highest BCUT2D eigenvalue weighted by Gasteiger charge is 2.34. The standard InChI is InChI=1S/C16H18O6/c1-19-13-5-9(6-14-15(13)22-8-21-14)12-7-10(17)3-4-11(12)16(18)20-2/h3-6,10-12,17H,7-8H2,1-2H3/t10-,11+,12?/m1/s1. The molecule has 1 aliphatic carbocycles. The van der Waals surface area contributed by atoms with Crippen molar-refractivity contribution in [2.24, 2.45) is 5.92 Å². The molecule has 1 aliphatic heterocycles. The zero-order valence-electron chi connectivity index (χ0n) is 12.4. The Hall–Kier alpha value is -2.21. The summed E-state index contributed by atoms with van der Waals surface area (Å²) in [6.07, 6.45) is 3.16. The second-order valence-corrected chi connectivity index (χ2v) is 5.30. The van der Waals surface area contributed by atoms with Crippen molar-refractivity contribution in [1.29, 1.82) is 0 Å². The van der Waals surface area contributed by atoms with E-state index in [1.54, 1.807) is 19.3 Å². The van der Waals surface area contributed by atoms with Crippen LogP contribution in [0.2, 0.25) is 0 Å². The quantitative estimate of drug-likeness (QED) is 0.675. The van der Waals surface area contributed by atoms with Gasteiger partial charge in [0.1, 0.15) is 0 Å². The monoisotopic (exact) mass is 306 g/mol. The first-order valence-electron chi connectivity index (χ1n) is 7.05. The highest BCUT2D eigenvalue weighted by atomic mass is 16.7. The number of carbonyl (C=O) groups excluding carboxylic acids is 1. The van der Waals surface area contributed by atoms with Crippen LogP contribution >= 0.6 is 0 Å². The molecule has 0 saturated carbocycles. The maximum atomic E-state index is 12.0. The molecule has 22 heavy (non-hydrogen) atoms. The van der Waals surface area contributed by atoms with E-state index in [9.17, 15) is 9.90 Å². The van der Waals surface area contributed by atoms with Crippen LogP contribution in [0.3, 0.4) is 0 Å². The first-order valence-corrected chi connectivity index (χ1v) is 7.05. The third kappa shape index (κ3) is 2.50. The number of carbonyl (C=O) groups is 1. The number of esters is 1. The van der Waals surface area contributed by atoms with Gasteiger partial charge in [0.2, 0.25) is 12.5 Å². The van der Waals surface area contributed by atoms with Crippen LogP contribution in [0, 0.1) is 5.92 Å². The molecule has 1 aromatic rings. The van der Waals surface area contributed by atoms with E-state index in [0.29, 0.717) is 23.7 Å². The largest absolute Gasteiger partial charge is 0.493 e. The first-order chi connectivity index (χ1) is 10.6. The van der Waals surface area contributed by atoms with Gasteiger partial charge in [-0.3, -0.25) is 4.79 Å². The number of aliphatic hydroxyl groups excluding tert-OH is 1. The Morgan fingerprint density at radius 2 is 2.09 bits per heavy atom. The molecule has 1 unspecified atom stereocenters. The third-order valence-corrected chi connectivity index (χ3v) is 4.05. The van der Waals surface area contributed by atoms with Gasteiger partial charge in [-0.15, -0.1) is 0 Å². The van der Waals surface area contributed by atoms with Gasteiger partial charge in [-0.25, -0.2) is 0 Å². The Bertz CT molecular complexity index is 609. The second kappa shape index (κ2) is 5.88. The zero-order valence-corrected chi connectivity index (χ0v) is 12.4. The molecule has 6 nitrogen and oxygen atoms in total. The summed E-state index contributed by atoms with van der Waals surface area (Å²) < 4.78 is 21.0. The van der Waals surface area contributed by atoms with Crippen LogP contribution in [-0.4, -0.2) is 38.2 Å². The van der Waals surface area contributed by atoms with Crippen molar-refractivity contribution >= 4 is 5.97 Å². The summed E-state index contributed by atoms with van der Waals surface area (Å²) in [6.45, 7) is 0.142. The summed E-state index contributed by atoms with van der Waals surface area (Å²) in [5.74, 6) is 0.714. The molecule has 2 aliphatic rings. The molecule has 6 heteroatoms. The molecule has 0 aromatic heterocycles. The van der Waals surface area contributed by atoms with Gasteiger partial charge in [0.05, 0.1) is 26.2 Å². The summed E-state index contributed by atoms with van der Waals surface area (Å²) in [5.41, 5.74) is 0.847. The highest BCUT2D eigenvalue weighted by Crippen LogP contribution is 2.46. The normalized spacial score (nSPS) is 25.9. The van der Waals surface area contributed by atoms with Crippen molar-refractivity contribution in [2.45, 2.75) is 18.4 Å². The fraction of sp³-hybridized carbons (Fsp3) is 0.438. The fourth-order valence-corrected chi connectivity index (χ4v) is 2.95. The van der Waals surface area contributed by atoms with Gasteiger partial charge in [-0.2, -0.15) is 0 Å². The fourth-order valence-electron chi connectivity index (χ4n) is 2.95. The van der Waals surface area contributed by atoms with Crippen molar-refractivity contribution < 1.29 is 28.8 Å². The Morgan fingerprint density at radius 3 is 2.82 bits per heavy atom. The van der Waals surface area contributed by atoms with Crippen LogP contribution in [0.5, 0.6) is 17.2 Å². The molecular weight excluding hydrogens is 288 g/mol. The lowest BCUT2D eigenvalue weighted by Crippen LogP contribution is -2.28. The average Bonchev–Trinajstić information content (AvgIpc) is 3.01. The Morgan fingerprint density at radius 1 is 1.27 bits per heavy atom. The lowest BCUT2D eigenvalue weighted by atomic mass is 9.78. The molecule has 1 aromatic carbocycles. The number of benzene rings is 1. The summed E-state index contributed by atoms with van der Waals surface area (Å²) in [4.78, 5) is 12.0. The van der Waals surface area contributed by atoms with Crippen molar-refractivity contribution in [2.75, 3.05) is 21.0 Å². The Balaban J connectivity index is 2.01. The van der Waals surface area contributed by atoms with Crippen LogP contribution in [0.15, 0.2) is 24.3 Å². The van der Waals surface area contributed by atoms with Crippen LogP contribution in [0.1, 0.15) is 17.9 Å².